The molecule has 170 valence electrons. The van der Waals surface area contributed by atoms with Gasteiger partial charge >= 0.3 is 0 Å². The molecule has 1 aliphatic heterocycles. The Labute approximate surface area is 180 Å². The molecule has 0 aromatic heterocycles. The van der Waals surface area contributed by atoms with Crippen molar-refractivity contribution in [2.75, 3.05) is 6.61 Å². The van der Waals surface area contributed by atoms with E-state index in [1.165, 1.54) is 63.1 Å². The van der Waals surface area contributed by atoms with Gasteiger partial charge in [0.25, 0.3) is 6.43 Å². The van der Waals surface area contributed by atoms with Gasteiger partial charge in [-0.15, -0.1) is 0 Å². The first-order chi connectivity index (χ1) is 14.5. The number of halogens is 4. The summed E-state index contributed by atoms with van der Waals surface area (Å²) in [4.78, 5) is 0. The summed E-state index contributed by atoms with van der Waals surface area (Å²) in [5.41, 5.74) is 0.579. The Hall–Kier alpha value is -1.04. The van der Waals surface area contributed by atoms with Gasteiger partial charge in [0, 0.05) is 8.80 Å². The van der Waals surface area contributed by atoms with Gasteiger partial charge in [-0.3, -0.25) is 0 Å². The number of ether oxygens (including phenoxy) is 1. The summed E-state index contributed by atoms with van der Waals surface area (Å²) in [6, 6.07) is 7.08. The van der Waals surface area contributed by atoms with Crippen molar-refractivity contribution in [3.8, 4) is 5.75 Å². The van der Waals surface area contributed by atoms with Gasteiger partial charge in [0.1, 0.15) is 6.61 Å². The summed E-state index contributed by atoms with van der Waals surface area (Å²) in [6.45, 7) is 1.32. The zero-order valence-corrected chi connectivity index (χ0v) is 19.3. The second-order valence-corrected chi connectivity index (χ2v) is 12.9. The Kier molecular flexibility index (Phi) is 9.08. The number of aryl methyl sites for hydroxylation is 1. The molecule has 0 unspecified atom stereocenters. The van der Waals surface area contributed by atoms with E-state index in [0.717, 1.165) is 18.3 Å². The summed E-state index contributed by atoms with van der Waals surface area (Å²) < 4.78 is 57.1. The molecule has 1 aromatic carbocycles. The molecule has 1 aliphatic carbocycles. The Morgan fingerprint density at radius 2 is 1.57 bits per heavy atom. The van der Waals surface area contributed by atoms with Crippen LogP contribution in [0, 0.1) is 29.4 Å². The van der Waals surface area contributed by atoms with Crippen molar-refractivity contribution >= 4 is 8.80 Å². The normalized spacial score (nSPS) is 27.4. The fraction of sp³-hybridized carbons (Fsp3) is 0.750. The predicted molar refractivity (Wildman–Crippen MR) is 116 cm³/mol. The van der Waals surface area contributed by atoms with Crippen LogP contribution in [0.15, 0.2) is 12.1 Å². The standard InChI is InChI=1S/C24H36F4OSi/c1-2-11-30-12-9-20(10-13-30)19-7-5-17(6-8-19)3-4-18-14-21(25)24(22(26)15-18)29-16-23(27)28/h14-15,17,19-20,23,30H,2-13,16H2,1H3. The highest BCUT2D eigenvalue weighted by atomic mass is 28.3. The second-order valence-electron chi connectivity index (χ2n) is 9.48. The van der Waals surface area contributed by atoms with Crippen LogP contribution in [0.4, 0.5) is 17.6 Å². The lowest BCUT2D eigenvalue weighted by Crippen LogP contribution is -2.28. The first-order valence-corrected chi connectivity index (χ1v) is 14.3. The Balaban J connectivity index is 1.41. The smallest absolute Gasteiger partial charge is 0.272 e. The Morgan fingerprint density at radius 1 is 0.967 bits per heavy atom. The van der Waals surface area contributed by atoms with Gasteiger partial charge < -0.3 is 4.74 Å². The number of hydrogen-bond acceptors (Lipinski definition) is 1. The van der Waals surface area contributed by atoms with Crippen molar-refractivity contribution in [1.82, 2.24) is 0 Å². The van der Waals surface area contributed by atoms with Gasteiger partial charge in [0.15, 0.2) is 17.4 Å². The molecular formula is C24H36F4OSi. The molecule has 30 heavy (non-hydrogen) atoms. The summed E-state index contributed by atoms with van der Waals surface area (Å²) in [5.74, 6) is -0.0353. The van der Waals surface area contributed by atoms with Crippen molar-refractivity contribution in [2.24, 2.45) is 17.8 Å². The number of rotatable bonds is 9. The molecule has 2 fully saturated rings. The molecule has 3 rings (SSSR count). The van der Waals surface area contributed by atoms with E-state index in [9.17, 15) is 17.6 Å². The number of benzene rings is 1. The molecule has 2 aliphatic rings. The zero-order chi connectivity index (χ0) is 21.5. The molecule has 1 saturated carbocycles. The van der Waals surface area contributed by atoms with Crippen LogP contribution in [0.25, 0.3) is 0 Å². The van der Waals surface area contributed by atoms with Crippen molar-refractivity contribution in [2.45, 2.75) is 89.3 Å². The molecular weight excluding hydrogens is 408 g/mol. The third kappa shape index (κ3) is 6.73. The quantitative estimate of drug-likeness (QED) is 0.285. The van der Waals surface area contributed by atoms with E-state index in [0.29, 0.717) is 17.9 Å². The van der Waals surface area contributed by atoms with Gasteiger partial charge in [-0.25, -0.2) is 17.6 Å². The topological polar surface area (TPSA) is 9.23 Å². The van der Waals surface area contributed by atoms with Gasteiger partial charge in [-0.1, -0.05) is 57.2 Å². The van der Waals surface area contributed by atoms with Crippen LogP contribution in [0.1, 0.15) is 63.9 Å². The van der Waals surface area contributed by atoms with Crippen molar-refractivity contribution in [3.05, 3.63) is 29.3 Å². The molecule has 0 radical (unpaired) electrons. The zero-order valence-electron chi connectivity index (χ0n) is 18.2. The summed E-state index contributed by atoms with van der Waals surface area (Å²) in [6.07, 6.45) is 8.13. The molecule has 0 spiro atoms. The van der Waals surface area contributed by atoms with Crippen LogP contribution in [0.3, 0.4) is 0 Å². The van der Waals surface area contributed by atoms with Crippen LogP contribution in [-0.2, 0) is 6.42 Å². The van der Waals surface area contributed by atoms with E-state index in [1.54, 1.807) is 12.1 Å². The van der Waals surface area contributed by atoms with Crippen molar-refractivity contribution in [3.63, 3.8) is 0 Å². The van der Waals surface area contributed by atoms with Crippen LogP contribution < -0.4 is 4.74 Å². The molecule has 6 heteroatoms. The fourth-order valence-corrected chi connectivity index (χ4v) is 9.20. The monoisotopic (exact) mass is 444 g/mol. The minimum absolute atomic E-state index is 0.407. The maximum absolute atomic E-state index is 14.1. The van der Waals surface area contributed by atoms with E-state index in [1.807, 2.05) is 0 Å². The second kappa shape index (κ2) is 11.5. The molecule has 1 nitrogen and oxygen atoms in total. The molecule has 1 aromatic rings. The van der Waals surface area contributed by atoms with E-state index in [4.69, 9.17) is 0 Å². The lowest BCUT2D eigenvalue weighted by atomic mass is 9.73. The fourth-order valence-electron chi connectivity index (χ4n) is 5.72. The lowest BCUT2D eigenvalue weighted by Gasteiger charge is -2.37. The highest BCUT2D eigenvalue weighted by molar-refractivity contribution is 6.58. The number of alkyl halides is 2. The molecule has 0 bridgehead atoms. The molecule has 1 heterocycles. The SMILES string of the molecule is CCC[SiH]1CCC(C2CCC(CCc3cc(F)c(OCC(F)F)c(F)c3)CC2)CC1. The summed E-state index contributed by atoms with van der Waals surface area (Å²) in [5, 5.41) is 0. The minimum Gasteiger partial charge on any atom is -0.482 e. The van der Waals surface area contributed by atoms with Crippen LogP contribution in [0.5, 0.6) is 5.75 Å². The van der Waals surface area contributed by atoms with Crippen LogP contribution in [0.2, 0.25) is 18.1 Å². The van der Waals surface area contributed by atoms with Crippen molar-refractivity contribution < 1.29 is 22.3 Å². The average Bonchev–Trinajstić information content (AvgIpc) is 2.73. The highest BCUT2D eigenvalue weighted by Gasteiger charge is 2.31. The lowest BCUT2D eigenvalue weighted by molar-refractivity contribution is 0.0777. The minimum atomic E-state index is -2.76. The van der Waals surface area contributed by atoms with Gasteiger partial charge in [0.05, 0.1) is 0 Å². The predicted octanol–water partition coefficient (Wildman–Crippen LogP) is 7.39. The van der Waals surface area contributed by atoms with Gasteiger partial charge in [0.2, 0.25) is 0 Å². The van der Waals surface area contributed by atoms with E-state index in [2.05, 4.69) is 11.7 Å². The van der Waals surface area contributed by atoms with Gasteiger partial charge in [-0.2, -0.15) is 0 Å². The summed E-state index contributed by atoms with van der Waals surface area (Å²) >= 11 is 0. The molecule has 0 amide bonds. The van der Waals surface area contributed by atoms with Crippen LogP contribution >= 0.6 is 0 Å². The van der Waals surface area contributed by atoms with Crippen LogP contribution in [-0.4, -0.2) is 21.8 Å². The largest absolute Gasteiger partial charge is 0.482 e. The van der Waals surface area contributed by atoms with E-state index in [-0.39, 0.29) is 0 Å². The van der Waals surface area contributed by atoms with Crippen molar-refractivity contribution in [1.29, 1.82) is 0 Å². The Morgan fingerprint density at radius 3 is 2.13 bits per heavy atom. The number of hydrogen-bond donors (Lipinski definition) is 0. The van der Waals surface area contributed by atoms with E-state index < -0.39 is 39.2 Å². The van der Waals surface area contributed by atoms with E-state index >= 15 is 0 Å². The first-order valence-electron chi connectivity index (χ1n) is 11.8. The highest BCUT2D eigenvalue weighted by Crippen LogP contribution is 2.42. The maximum Gasteiger partial charge on any atom is 0.272 e. The third-order valence-corrected chi connectivity index (χ3v) is 11.1. The maximum atomic E-state index is 14.1. The molecule has 0 N–H and O–H groups in total. The molecule has 0 atom stereocenters. The molecule has 1 saturated heterocycles. The third-order valence-electron chi connectivity index (χ3n) is 7.40. The first kappa shape index (κ1) is 23.6. The summed E-state index contributed by atoms with van der Waals surface area (Å²) in [7, 11) is -0.407. The Bertz CT molecular complexity index is 630. The average molecular weight is 445 g/mol. The van der Waals surface area contributed by atoms with Gasteiger partial charge in [-0.05, 0) is 61.1 Å².